The van der Waals surface area contributed by atoms with Crippen molar-refractivity contribution in [2.45, 2.75) is 64.1 Å². The number of hydrogen-bond acceptors (Lipinski definition) is 4. The molecule has 0 amide bonds. The molecule has 4 nitrogen and oxygen atoms in total. The van der Waals surface area contributed by atoms with E-state index in [-0.39, 0.29) is 12.0 Å². The van der Waals surface area contributed by atoms with Crippen molar-refractivity contribution in [3.8, 4) is 0 Å². The van der Waals surface area contributed by atoms with Crippen LogP contribution < -0.4 is 0 Å². The zero-order valence-electron chi connectivity index (χ0n) is 9.63. The summed E-state index contributed by atoms with van der Waals surface area (Å²) < 4.78 is 5.57. The number of hydrogen-bond donors (Lipinski definition) is 3. The van der Waals surface area contributed by atoms with E-state index in [1.807, 2.05) is 13.8 Å². The molecule has 0 aromatic carbocycles. The summed E-state index contributed by atoms with van der Waals surface area (Å²) in [7, 11) is 0. The van der Waals surface area contributed by atoms with Crippen LogP contribution in [0.5, 0.6) is 0 Å². The molecule has 0 saturated carbocycles. The predicted molar refractivity (Wildman–Crippen MR) is 56.4 cm³/mol. The second-order valence-electron chi connectivity index (χ2n) is 4.35. The van der Waals surface area contributed by atoms with Gasteiger partial charge in [0.2, 0.25) is 0 Å². The van der Waals surface area contributed by atoms with Gasteiger partial charge in [-0.05, 0) is 12.8 Å². The van der Waals surface area contributed by atoms with Crippen LogP contribution in [0.2, 0.25) is 0 Å². The minimum Gasteiger partial charge on any atom is -0.388 e. The largest absolute Gasteiger partial charge is 0.388 e. The summed E-state index contributed by atoms with van der Waals surface area (Å²) in [5, 5.41) is 29.0. The van der Waals surface area contributed by atoms with E-state index in [1.54, 1.807) is 6.92 Å². The first-order chi connectivity index (χ1) is 7.02. The van der Waals surface area contributed by atoms with Gasteiger partial charge in [-0.1, -0.05) is 26.7 Å². The maximum atomic E-state index is 9.82. The fourth-order valence-corrected chi connectivity index (χ4v) is 2.23. The highest BCUT2D eigenvalue weighted by Crippen LogP contribution is 2.28. The molecule has 1 heterocycles. The van der Waals surface area contributed by atoms with Crippen LogP contribution in [0.1, 0.15) is 33.6 Å². The lowest BCUT2D eigenvalue weighted by Crippen LogP contribution is -2.58. The van der Waals surface area contributed by atoms with Gasteiger partial charge in [-0.15, -0.1) is 0 Å². The quantitative estimate of drug-likeness (QED) is 0.637. The molecule has 15 heavy (non-hydrogen) atoms. The maximum Gasteiger partial charge on any atom is 0.111 e. The van der Waals surface area contributed by atoms with Crippen LogP contribution in [-0.4, -0.2) is 45.8 Å². The van der Waals surface area contributed by atoms with Gasteiger partial charge >= 0.3 is 0 Å². The van der Waals surface area contributed by atoms with Gasteiger partial charge in [0.25, 0.3) is 0 Å². The molecule has 0 aromatic heterocycles. The van der Waals surface area contributed by atoms with Crippen LogP contribution in [0.4, 0.5) is 0 Å². The Bertz CT molecular complexity index is 193. The van der Waals surface area contributed by atoms with Crippen LogP contribution in [0.3, 0.4) is 0 Å². The van der Waals surface area contributed by atoms with Crippen molar-refractivity contribution in [3.63, 3.8) is 0 Å². The van der Waals surface area contributed by atoms with Gasteiger partial charge in [0.05, 0.1) is 12.2 Å². The molecular weight excluding hydrogens is 196 g/mol. The Labute approximate surface area is 90.9 Å². The molecule has 1 aliphatic heterocycles. The molecule has 0 radical (unpaired) electrons. The highest BCUT2D eigenvalue weighted by atomic mass is 16.5. The Morgan fingerprint density at radius 1 is 1.00 bits per heavy atom. The van der Waals surface area contributed by atoms with Crippen molar-refractivity contribution in [2.75, 3.05) is 0 Å². The number of ether oxygens (including phenoxy) is 1. The molecule has 1 fully saturated rings. The number of aliphatic hydroxyl groups is 3. The summed E-state index contributed by atoms with van der Waals surface area (Å²) in [4.78, 5) is 0. The van der Waals surface area contributed by atoms with Crippen LogP contribution in [0, 0.1) is 5.92 Å². The topological polar surface area (TPSA) is 69.9 Å². The van der Waals surface area contributed by atoms with E-state index in [2.05, 4.69) is 0 Å². The second-order valence-corrected chi connectivity index (χ2v) is 4.35. The third kappa shape index (κ3) is 2.50. The highest BCUT2D eigenvalue weighted by Gasteiger charge is 2.43. The summed E-state index contributed by atoms with van der Waals surface area (Å²) in [6.45, 7) is 5.79. The zero-order valence-corrected chi connectivity index (χ0v) is 9.63. The molecule has 0 aromatic rings. The van der Waals surface area contributed by atoms with Gasteiger partial charge in [-0.2, -0.15) is 0 Å². The monoisotopic (exact) mass is 218 g/mol. The van der Waals surface area contributed by atoms with E-state index in [4.69, 9.17) is 4.74 Å². The van der Waals surface area contributed by atoms with Gasteiger partial charge < -0.3 is 20.1 Å². The molecular formula is C11H22O4. The van der Waals surface area contributed by atoms with E-state index in [9.17, 15) is 15.3 Å². The average Bonchev–Trinajstić information content (AvgIpc) is 2.24. The van der Waals surface area contributed by atoms with Crippen LogP contribution >= 0.6 is 0 Å². The molecule has 4 heteroatoms. The SMILES string of the molecule is CCC(CC)[C@@H]1O[C@@H](C)C(O)C(O)C1O. The fourth-order valence-electron chi connectivity index (χ4n) is 2.23. The molecule has 1 rings (SSSR count). The molecule has 0 spiro atoms. The minimum atomic E-state index is -1.10. The lowest BCUT2D eigenvalue weighted by Gasteiger charge is -2.42. The molecule has 1 aliphatic rings. The smallest absolute Gasteiger partial charge is 0.111 e. The van der Waals surface area contributed by atoms with E-state index >= 15 is 0 Å². The Morgan fingerprint density at radius 2 is 1.53 bits per heavy atom. The van der Waals surface area contributed by atoms with E-state index in [0.717, 1.165) is 12.8 Å². The van der Waals surface area contributed by atoms with Crippen molar-refractivity contribution in [1.29, 1.82) is 0 Å². The van der Waals surface area contributed by atoms with Gasteiger partial charge in [0.1, 0.15) is 18.3 Å². The van der Waals surface area contributed by atoms with Crippen LogP contribution in [0.25, 0.3) is 0 Å². The first kappa shape index (κ1) is 12.9. The molecule has 5 atom stereocenters. The predicted octanol–water partition coefficient (Wildman–Crippen LogP) is 0.293. The lowest BCUT2D eigenvalue weighted by atomic mass is 9.85. The van der Waals surface area contributed by atoms with Crippen LogP contribution in [0.15, 0.2) is 0 Å². The Morgan fingerprint density at radius 3 is 2.00 bits per heavy atom. The van der Waals surface area contributed by atoms with Crippen molar-refractivity contribution in [2.24, 2.45) is 5.92 Å². The van der Waals surface area contributed by atoms with Crippen LogP contribution in [-0.2, 0) is 4.74 Å². The molecule has 90 valence electrons. The summed E-state index contributed by atoms with van der Waals surface area (Å²) in [5.41, 5.74) is 0. The third-order valence-corrected chi connectivity index (χ3v) is 3.40. The average molecular weight is 218 g/mol. The summed E-state index contributed by atoms with van der Waals surface area (Å²) >= 11 is 0. The Balaban J connectivity index is 2.73. The first-order valence-electron chi connectivity index (χ1n) is 5.72. The van der Waals surface area contributed by atoms with Crippen molar-refractivity contribution >= 4 is 0 Å². The molecule has 3 unspecified atom stereocenters. The summed E-state index contributed by atoms with van der Waals surface area (Å²) in [6, 6.07) is 0. The summed E-state index contributed by atoms with van der Waals surface area (Å²) in [6.07, 6.45) is -2.07. The minimum absolute atomic E-state index is 0.226. The van der Waals surface area contributed by atoms with Gasteiger partial charge in [-0.25, -0.2) is 0 Å². The third-order valence-electron chi connectivity index (χ3n) is 3.40. The molecule has 3 N–H and O–H groups in total. The van der Waals surface area contributed by atoms with Gasteiger partial charge in [0, 0.05) is 0 Å². The van der Waals surface area contributed by atoms with Gasteiger partial charge in [-0.3, -0.25) is 0 Å². The second kappa shape index (κ2) is 5.25. The zero-order chi connectivity index (χ0) is 11.6. The number of aliphatic hydroxyl groups excluding tert-OH is 3. The van der Waals surface area contributed by atoms with E-state index in [1.165, 1.54) is 0 Å². The van der Waals surface area contributed by atoms with Gasteiger partial charge in [0.15, 0.2) is 0 Å². The summed E-state index contributed by atoms with van der Waals surface area (Å²) in [5.74, 6) is 0.226. The highest BCUT2D eigenvalue weighted by molar-refractivity contribution is 4.92. The lowest BCUT2D eigenvalue weighted by molar-refractivity contribution is -0.230. The Kier molecular flexibility index (Phi) is 4.52. The van der Waals surface area contributed by atoms with E-state index in [0.29, 0.717) is 0 Å². The number of rotatable bonds is 3. The Hall–Kier alpha value is -0.160. The maximum absolute atomic E-state index is 9.82. The molecule has 1 saturated heterocycles. The van der Waals surface area contributed by atoms with Crippen molar-refractivity contribution < 1.29 is 20.1 Å². The van der Waals surface area contributed by atoms with E-state index < -0.39 is 24.4 Å². The molecule has 0 aliphatic carbocycles. The van der Waals surface area contributed by atoms with Crippen molar-refractivity contribution in [3.05, 3.63) is 0 Å². The fraction of sp³-hybridized carbons (Fsp3) is 1.00. The molecule has 0 bridgehead atoms. The standard InChI is InChI=1S/C11H22O4/c1-4-7(5-2)11-10(14)9(13)8(12)6(3)15-11/h6-14H,4-5H2,1-3H3/t6-,8?,9?,10?,11-/m0/s1. The first-order valence-corrected chi connectivity index (χ1v) is 5.72. The van der Waals surface area contributed by atoms with Crippen molar-refractivity contribution in [1.82, 2.24) is 0 Å². The normalized spacial score (nSPS) is 42.2.